The predicted molar refractivity (Wildman–Crippen MR) is 109 cm³/mol. The molecule has 0 aliphatic heterocycles. The number of likely N-dealkylation sites (N-methyl/N-ethyl adjacent to an activating group) is 1. The maximum Gasteiger partial charge on any atom is 0.573 e. The molecule has 1 atom stereocenters. The van der Waals surface area contributed by atoms with Crippen LogP contribution in [0.5, 0.6) is 5.75 Å². The van der Waals surface area contributed by atoms with Gasteiger partial charge in [0, 0.05) is 4.88 Å². The number of nitrogens with two attached hydrogens (primary N) is 1. The topological polar surface area (TPSA) is 62.9 Å². The maximum atomic E-state index is 12.4. The molecule has 144 valence electrons. The van der Waals surface area contributed by atoms with Crippen molar-refractivity contribution in [2.45, 2.75) is 12.4 Å². The van der Waals surface area contributed by atoms with Crippen LogP contribution in [0.25, 0.3) is 0 Å². The van der Waals surface area contributed by atoms with Gasteiger partial charge in [-0.3, -0.25) is 4.99 Å². The second kappa shape index (κ2) is 9.97. The van der Waals surface area contributed by atoms with Gasteiger partial charge < -0.3 is 20.7 Å². The highest BCUT2D eigenvalue weighted by Crippen LogP contribution is 2.30. The Kier molecular flexibility index (Phi) is 8.63. The Morgan fingerprint density at radius 1 is 1.27 bits per heavy atom. The van der Waals surface area contributed by atoms with E-state index in [2.05, 4.69) is 15.0 Å². The van der Waals surface area contributed by atoms with E-state index >= 15 is 0 Å². The molecule has 0 amide bonds. The van der Waals surface area contributed by atoms with E-state index in [4.69, 9.17) is 5.73 Å². The van der Waals surface area contributed by atoms with E-state index in [9.17, 15) is 13.2 Å². The second-order valence-corrected chi connectivity index (χ2v) is 6.37. The lowest BCUT2D eigenvalue weighted by Gasteiger charge is -2.21. The lowest BCUT2D eigenvalue weighted by Crippen LogP contribution is -2.27. The Hall–Kier alpha value is -1.53. The normalized spacial score (nSPS) is 13.2. The van der Waals surface area contributed by atoms with Crippen LogP contribution in [0.3, 0.4) is 0 Å². The molecule has 0 fully saturated rings. The van der Waals surface area contributed by atoms with E-state index in [-0.39, 0.29) is 47.4 Å². The largest absolute Gasteiger partial charge is 0.573 e. The molecule has 0 saturated carbocycles. The fourth-order valence-corrected chi connectivity index (χ4v) is 3.05. The minimum absolute atomic E-state index is 0. The van der Waals surface area contributed by atoms with Gasteiger partial charge in [-0.15, -0.1) is 48.5 Å². The van der Waals surface area contributed by atoms with Crippen LogP contribution < -0.4 is 15.8 Å². The van der Waals surface area contributed by atoms with Crippen LogP contribution in [0.15, 0.2) is 46.8 Å². The summed E-state index contributed by atoms with van der Waals surface area (Å²) < 4.78 is 41.3. The third-order valence-electron chi connectivity index (χ3n) is 3.31. The molecule has 3 N–H and O–H groups in total. The molecule has 10 heteroatoms. The summed E-state index contributed by atoms with van der Waals surface area (Å²) >= 11 is 1.61. The van der Waals surface area contributed by atoms with Gasteiger partial charge in [0.15, 0.2) is 11.7 Å². The first-order valence-corrected chi connectivity index (χ1v) is 8.26. The number of thiophene rings is 1. The predicted octanol–water partition coefficient (Wildman–Crippen LogP) is 4.29. The van der Waals surface area contributed by atoms with Crippen LogP contribution in [-0.4, -0.2) is 37.9 Å². The Labute approximate surface area is 171 Å². The summed E-state index contributed by atoms with van der Waals surface area (Å²) in [5.41, 5.74) is 5.92. The summed E-state index contributed by atoms with van der Waals surface area (Å²) in [6.07, 6.45) is -4.78. The van der Waals surface area contributed by atoms with E-state index in [1.807, 2.05) is 36.5 Å². The number of rotatable bonds is 6. The third-order valence-corrected chi connectivity index (χ3v) is 4.28. The molecule has 1 aromatic carbocycles. The number of nitrogens with zero attached hydrogens (tertiary/aromatic N) is 2. The highest BCUT2D eigenvalue weighted by Gasteiger charge is 2.32. The molecule has 0 bridgehead atoms. The van der Waals surface area contributed by atoms with Crippen molar-refractivity contribution in [2.24, 2.45) is 10.7 Å². The van der Waals surface area contributed by atoms with Crippen LogP contribution in [0, 0.1) is 0 Å². The van der Waals surface area contributed by atoms with Crippen molar-refractivity contribution in [1.82, 2.24) is 4.90 Å². The molecule has 2 aromatic rings. The Morgan fingerprint density at radius 2 is 1.96 bits per heavy atom. The van der Waals surface area contributed by atoms with Crippen molar-refractivity contribution < 1.29 is 17.9 Å². The number of hydrogen-bond donors (Lipinski definition) is 2. The number of hydrogen-bond acceptors (Lipinski definition) is 4. The average molecular weight is 500 g/mol. The molecule has 0 saturated heterocycles. The number of halogens is 4. The monoisotopic (exact) mass is 500 g/mol. The van der Waals surface area contributed by atoms with E-state index in [0.29, 0.717) is 6.54 Å². The maximum absolute atomic E-state index is 12.4. The molecule has 0 spiro atoms. The van der Waals surface area contributed by atoms with Gasteiger partial charge in [-0.1, -0.05) is 18.2 Å². The first kappa shape index (κ1) is 22.5. The number of para-hydroxylation sites is 2. The van der Waals surface area contributed by atoms with Crippen molar-refractivity contribution in [3.05, 3.63) is 46.7 Å². The fourth-order valence-electron chi connectivity index (χ4n) is 2.13. The second-order valence-electron chi connectivity index (χ2n) is 5.39. The summed E-state index contributed by atoms with van der Waals surface area (Å²) in [5, 5.41) is 4.63. The SMILES string of the molecule is CN(C)C(CN=C(N)Nc1ccccc1OC(F)(F)F)c1cccs1.I. The van der Waals surface area contributed by atoms with Gasteiger partial charge in [0.1, 0.15) is 0 Å². The van der Waals surface area contributed by atoms with Crippen LogP contribution in [0.2, 0.25) is 0 Å². The number of nitrogens with one attached hydrogen (secondary N) is 1. The average Bonchev–Trinajstić information content (AvgIpc) is 3.02. The number of aliphatic imine (C=N–C) groups is 1. The molecular weight excluding hydrogens is 480 g/mol. The van der Waals surface area contributed by atoms with Gasteiger partial charge >= 0.3 is 6.36 Å². The fraction of sp³-hybridized carbons (Fsp3) is 0.312. The third kappa shape index (κ3) is 7.00. The van der Waals surface area contributed by atoms with Crippen molar-refractivity contribution >= 4 is 47.0 Å². The quantitative estimate of drug-likeness (QED) is 0.353. The van der Waals surface area contributed by atoms with E-state index < -0.39 is 6.36 Å². The smallest absolute Gasteiger partial charge is 0.404 e. The van der Waals surface area contributed by atoms with Crippen molar-refractivity contribution in [2.75, 3.05) is 26.0 Å². The summed E-state index contributed by atoms with van der Waals surface area (Å²) in [5.74, 6) is -0.350. The molecule has 1 aromatic heterocycles. The Bertz CT molecular complexity index is 708. The van der Waals surface area contributed by atoms with Gasteiger partial charge in [0.2, 0.25) is 0 Å². The molecule has 0 aliphatic carbocycles. The van der Waals surface area contributed by atoms with Crippen molar-refractivity contribution in [3.8, 4) is 5.75 Å². The van der Waals surface area contributed by atoms with Crippen molar-refractivity contribution in [3.63, 3.8) is 0 Å². The number of anilines is 1. The summed E-state index contributed by atoms with van der Waals surface area (Å²) in [6, 6.07) is 9.64. The lowest BCUT2D eigenvalue weighted by molar-refractivity contribution is -0.274. The summed E-state index contributed by atoms with van der Waals surface area (Å²) in [7, 11) is 3.85. The highest BCUT2D eigenvalue weighted by molar-refractivity contribution is 14.0. The van der Waals surface area contributed by atoms with Gasteiger partial charge in [0.05, 0.1) is 18.3 Å². The Morgan fingerprint density at radius 3 is 2.54 bits per heavy atom. The molecule has 26 heavy (non-hydrogen) atoms. The van der Waals surface area contributed by atoms with E-state index in [1.165, 1.54) is 18.2 Å². The van der Waals surface area contributed by atoms with Gasteiger partial charge in [-0.2, -0.15) is 0 Å². The van der Waals surface area contributed by atoms with E-state index in [0.717, 1.165) is 4.88 Å². The van der Waals surface area contributed by atoms with Gasteiger partial charge in [0.25, 0.3) is 0 Å². The first-order chi connectivity index (χ1) is 11.8. The van der Waals surface area contributed by atoms with Crippen molar-refractivity contribution in [1.29, 1.82) is 0 Å². The number of alkyl halides is 3. The minimum Gasteiger partial charge on any atom is -0.404 e. The molecule has 1 heterocycles. The zero-order valence-electron chi connectivity index (χ0n) is 14.2. The summed E-state index contributed by atoms with van der Waals surface area (Å²) in [6.45, 7) is 0.370. The molecular formula is C16H20F3IN4OS. The lowest BCUT2D eigenvalue weighted by atomic mass is 10.2. The van der Waals surface area contributed by atoms with Crippen LogP contribution in [0.4, 0.5) is 18.9 Å². The van der Waals surface area contributed by atoms with Crippen LogP contribution in [0.1, 0.15) is 10.9 Å². The van der Waals surface area contributed by atoms with E-state index in [1.54, 1.807) is 17.4 Å². The Balaban J connectivity index is 0.00000338. The van der Waals surface area contributed by atoms with Crippen LogP contribution in [-0.2, 0) is 0 Å². The minimum atomic E-state index is -4.78. The van der Waals surface area contributed by atoms with Gasteiger partial charge in [-0.05, 0) is 37.7 Å². The van der Waals surface area contributed by atoms with Gasteiger partial charge in [-0.25, -0.2) is 0 Å². The zero-order valence-corrected chi connectivity index (χ0v) is 17.3. The molecule has 2 rings (SSSR count). The number of guanidine groups is 1. The summed E-state index contributed by atoms with van der Waals surface area (Å²) in [4.78, 5) is 7.38. The zero-order chi connectivity index (χ0) is 18.4. The molecule has 5 nitrogen and oxygen atoms in total. The number of ether oxygens (including phenoxy) is 1. The highest BCUT2D eigenvalue weighted by atomic mass is 127. The molecule has 0 radical (unpaired) electrons. The first-order valence-electron chi connectivity index (χ1n) is 7.38. The number of benzene rings is 1. The van der Waals surface area contributed by atoms with Crippen LogP contribution >= 0.6 is 35.3 Å². The molecule has 1 unspecified atom stereocenters. The molecule has 0 aliphatic rings. The standard InChI is InChI=1S/C16H19F3N4OS.HI/c1-23(2)12(14-8-5-9-25-14)10-21-15(20)22-11-6-3-4-7-13(11)24-16(17,18)19;/h3-9,12H,10H2,1-2H3,(H3,20,21,22);1H.